The molecule has 0 bridgehead atoms. The average Bonchev–Trinajstić information content (AvgIpc) is 2.60. The van der Waals surface area contributed by atoms with E-state index in [1.54, 1.807) is 17.9 Å². The van der Waals surface area contributed by atoms with Crippen molar-refractivity contribution in [3.8, 4) is 5.75 Å². The van der Waals surface area contributed by atoms with Gasteiger partial charge in [0.25, 0.3) is 0 Å². The summed E-state index contributed by atoms with van der Waals surface area (Å²) in [6, 6.07) is 3.08. The van der Waals surface area contributed by atoms with Crippen molar-refractivity contribution in [3.63, 3.8) is 0 Å². The Morgan fingerprint density at radius 1 is 1.36 bits per heavy atom. The molecule has 6 nitrogen and oxygen atoms in total. The summed E-state index contributed by atoms with van der Waals surface area (Å²) >= 11 is 17.1. The minimum Gasteiger partial charge on any atom is -0.506 e. The van der Waals surface area contributed by atoms with Crippen molar-refractivity contribution in [3.05, 3.63) is 27.7 Å². The van der Waals surface area contributed by atoms with Gasteiger partial charge in [-0.05, 0) is 31.3 Å². The second-order valence-electron chi connectivity index (χ2n) is 5.81. The van der Waals surface area contributed by atoms with Gasteiger partial charge in [0.05, 0.1) is 30.5 Å². The lowest BCUT2D eigenvalue weighted by atomic mass is 10.1. The molecule has 1 aliphatic heterocycles. The number of quaternary nitrogens is 1. The molecular weight excluding hydrogens is 383 g/mol. The van der Waals surface area contributed by atoms with Gasteiger partial charge in [0.15, 0.2) is 5.11 Å². The standard InChI is InChI=1S/C16H22Cl2N4O2S/c1-11(13-9-12(17)10-14(18)15(13)23)20-21-16(25)19-3-2-4-22-5-7-24-8-6-22/h9-10,23H,2-8H2,1H3,(H2,19,21,25)/p+1/b20-11+. The van der Waals surface area contributed by atoms with Crippen molar-refractivity contribution >= 4 is 46.2 Å². The molecule has 1 heterocycles. The number of benzene rings is 1. The first-order valence-electron chi connectivity index (χ1n) is 8.15. The molecule has 1 aromatic rings. The number of morpholine rings is 1. The second-order valence-corrected chi connectivity index (χ2v) is 7.07. The third-order valence-corrected chi connectivity index (χ3v) is 4.68. The number of phenols is 1. The molecule has 9 heteroatoms. The molecule has 1 fully saturated rings. The molecule has 0 amide bonds. The van der Waals surface area contributed by atoms with E-state index >= 15 is 0 Å². The van der Waals surface area contributed by atoms with Crippen LogP contribution >= 0.6 is 35.4 Å². The zero-order valence-electron chi connectivity index (χ0n) is 14.1. The van der Waals surface area contributed by atoms with Crippen LogP contribution in [0, 0.1) is 0 Å². The monoisotopic (exact) mass is 405 g/mol. The van der Waals surface area contributed by atoms with Gasteiger partial charge >= 0.3 is 0 Å². The van der Waals surface area contributed by atoms with Gasteiger partial charge in [-0.1, -0.05) is 23.2 Å². The molecule has 0 saturated carbocycles. The summed E-state index contributed by atoms with van der Waals surface area (Å²) in [5.74, 6) is -0.0542. The molecule has 4 N–H and O–H groups in total. The van der Waals surface area contributed by atoms with E-state index in [0.29, 0.717) is 21.4 Å². The van der Waals surface area contributed by atoms with Crippen molar-refractivity contribution in [2.24, 2.45) is 5.10 Å². The van der Waals surface area contributed by atoms with Crippen molar-refractivity contribution in [2.75, 3.05) is 39.4 Å². The van der Waals surface area contributed by atoms with E-state index in [9.17, 15) is 5.11 Å². The summed E-state index contributed by atoms with van der Waals surface area (Å²) in [7, 11) is 0. The van der Waals surface area contributed by atoms with Gasteiger partial charge in [-0.2, -0.15) is 5.10 Å². The highest BCUT2D eigenvalue weighted by Gasteiger charge is 2.13. The lowest BCUT2D eigenvalue weighted by molar-refractivity contribution is -0.908. The number of thiocarbonyl (C=S) groups is 1. The summed E-state index contributed by atoms with van der Waals surface area (Å²) in [5, 5.41) is 18.3. The Kier molecular flexibility index (Phi) is 8.18. The van der Waals surface area contributed by atoms with E-state index in [1.165, 1.54) is 6.07 Å². The lowest BCUT2D eigenvalue weighted by Gasteiger charge is -2.23. The summed E-state index contributed by atoms with van der Waals surface area (Å²) in [6.07, 6.45) is 1.02. The van der Waals surface area contributed by atoms with Crippen LogP contribution < -0.4 is 15.6 Å². The zero-order chi connectivity index (χ0) is 18.2. The van der Waals surface area contributed by atoms with Gasteiger partial charge in [0, 0.05) is 23.6 Å². The molecule has 1 saturated heterocycles. The Bertz CT molecular complexity index is 637. The van der Waals surface area contributed by atoms with Gasteiger partial charge in [0.2, 0.25) is 0 Å². The fraction of sp³-hybridized carbons (Fsp3) is 0.500. The summed E-state index contributed by atoms with van der Waals surface area (Å²) in [4.78, 5) is 1.56. The van der Waals surface area contributed by atoms with Gasteiger partial charge < -0.3 is 20.1 Å². The third kappa shape index (κ3) is 6.60. The van der Waals surface area contributed by atoms with Crippen LogP contribution in [0.3, 0.4) is 0 Å². The number of rotatable bonds is 6. The first-order valence-corrected chi connectivity index (χ1v) is 9.31. The topological polar surface area (TPSA) is 70.3 Å². The molecule has 1 aliphatic rings. The molecule has 25 heavy (non-hydrogen) atoms. The maximum absolute atomic E-state index is 10.00. The highest BCUT2D eigenvalue weighted by molar-refractivity contribution is 7.80. The maximum Gasteiger partial charge on any atom is 0.186 e. The number of aromatic hydroxyl groups is 1. The van der Waals surface area contributed by atoms with Crippen LogP contribution in [-0.4, -0.2) is 55.3 Å². The number of hydrogen-bond donors (Lipinski definition) is 4. The fourth-order valence-corrected chi connectivity index (χ4v) is 3.17. The number of phenolic OH excluding ortho intramolecular Hbond substituents is 1. The Hall–Kier alpha value is -1.12. The van der Waals surface area contributed by atoms with Crippen molar-refractivity contribution in [1.82, 2.24) is 10.7 Å². The number of nitrogens with one attached hydrogen (secondary N) is 3. The average molecular weight is 406 g/mol. The van der Waals surface area contributed by atoms with E-state index in [4.69, 9.17) is 40.2 Å². The first-order chi connectivity index (χ1) is 12.0. The van der Waals surface area contributed by atoms with Crippen LogP contribution in [0.25, 0.3) is 0 Å². The molecule has 2 rings (SSSR count). The molecule has 0 aliphatic carbocycles. The van der Waals surface area contributed by atoms with E-state index in [1.807, 2.05) is 0 Å². The molecule has 0 radical (unpaired) electrons. The highest BCUT2D eigenvalue weighted by Crippen LogP contribution is 2.31. The van der Waals surface area contributed by atoms with Crippen molar-refractivity contribution in [1.29, 1.82) is 0 Å². The van der Waals surface area contributed by atoms with E-state index in [0.717, 1.165) is 45.8 Å². The smallest absolute Gasteiger partial charge is 0.186 e. The van der Waals surface area contributed by atoms with Crippen LogP contribution in [0.2, 0.25) is 10.0 Å². The maximum atomic E-state index is 10.00. The zero-order valence-corrected chi connectivity index (χ0v) is 16.4. The third-order valence-electron chi connectivity index (χ3n) is 3.94. The quantitative estimate of drug-likeness (QED) is 0.247. The summed E-state index contributed by atoms with van der Waals surface area (Å²) in [6.45, 7) is 7.43. The van der Waals surface area contributed by atoms with Gasteiger partial charge in [-0.25, -0.2) is 0 Å². The second kappa shape index (κ2) is 10.1. The predicted molar refractivity (Wildman–Crippen MR) is 105 cm³/mol. The van der Waals surface area contributed by atoms with E-state index < -0.39 is 0 Å². The number of halogens is 2. The number of hydrazone groups is 1. The number of nitrogens with zero attached hydrogens (tertiary/aromatic N) is 1. The molecule has 0 aromatic heterocycles. The van der Waals surface area contributed by atoms with Crippen LogP contribution in [0.4, 0.5) is 0 Å². The predicted octanol–water partition coefficient (Wildman–Crippen LogP) is 1.19. The largest absolute Gasteiger partial charge is 0.506 e. The van der Waals surface area contributed by atoms with Crippen LogP contribution in [0.15, 0.2) is 17.2 Å². The number of ether oxygens (including phenoxy) is 1. The molecule has 138 valence electrons. The number of hydrogen-bond acceptors (Lipinski definition) is 4. The van der Waals surface area contributed by atoms with Gasteiger partial charge in [0.1, 0.15) is 18.8 Å². The minimum atomic E-state index is -0.0542. The Balaban J connectivity index is 1.75. The lowest BCUT2D eigenvalue weighted by Crippen LogP contribution is -3.14. The Labute approximate surface area is 163 Å². The fourth-order valence-electron chi connectivity index (χ4n) is 2.53. The van der Waals surface area contributed by atoms with E-state index in [-0.39, 0.29) is 10.8 Å². The molecule has 0 unspecified atom stereocenters. The molecular formula is C16H23Cl2N4O2S+. The van der Waals surface area contributed by atoms with Crippen molar-refractivity contribution in [2.45, 2.75) is 13.3 Å². The summed E-state index contributed by atoms with van der Waals surface area (Å²) in [5.41, 5.74) is 3.76. The SMILES string of the molecule is C/C(=N\NC(=S)NCCC[NH+]1CCOCC1)c1cc(Cl)cc(Cl)c1O. The Morgan fingerprint density at radius 2 is 2.08 bits per heavy atom. The Morgan fingerprint density at radius 3 is 2.80 bits per heavy atom. The summed E-state index contributed by atoms with van der Waals surface area (Å²) < 4.78 is 5.34. The van der Waals surface area contributed by atoms with Crippen molar-refractivity contribution < 1.29 is 14.7 Å². The van der Waals surface area contributed by atoms with Gasteiger partial charge in [-0.3, -0.25) is 5.43 Å². The van der Waals surface area contributed by atoms with Crippen LogP contribution in [-0.2, 0) is 4.74 Å². The molecule has 1 aromatic carbocycles. The van der Waals surface area contributed by atoms with E-state index in [2.05, 4.69) is 15.8 Å². The minimum absolute atomic E-state index is 0.0542. The molecule has 0 atom stereocenters. The normalized spacial score (nSPS) is 15.9. The van der Waals surface area contributed by atoms with Crippen LogP contribution in [0.1, 0.15) is 18.9 Å². The molecule has 0 spiro atoms. The van der Waals surface area contributed by atoms with Gasteiger partial charge in [-0.15, -0.1) is 0 Å². The van der Waals surface area contributed by atoms with Crippen LogP contribution in [0.5, 0.6) is 5.75 Å². The highest BCUT2D eigenvalue weighted by atomic mass is 35.5. The first kappa shape index (κ1) is 20.2.